The summed E-state index contributed by atoms with van der Waals surface area (Å²) in [4.78, 5) is 4.07. The third-order valence-corrected chi connectivity index (χ3v) is 2.61. The van der Waals surface area contributed by atoms with Gasteiger partial charge < -0.3 is 5.11 Å². The van der Waals surface area contributed by atoms with Gasteiger partial charge in [0, 0.05) is 15.3 Å². The Hall–Kier alpha value is 0.570. The average molecular weight is 361 g/mol. The first-order chi connectivity index (χ1) is 4.74. The lowest BCUT2D eigenvalue weighted by Crippen LogP contribution is -1.92. The van der Waals surface area contributed by atoms with Gasteiger partial charge in [0.15, 0.2) is 0 Å². The summed E-state index contributed by atoms with van der Waals surface area (Å²) in [5, 5.41) is 8.79. The van der Waals surface area contributed by atoms with E-state index in [-0.39, 0.29) is 6.61 Å². The van der Waals surface area contributed by atoms with Crippen molar-refractivity contribution >= 4 is 45.2 Å². The van der Waals surface area contributed by atoms with Gasteiger partial charge in [-0.3, -0.25) is 0 Å². The molecule has 0 aliphatic heterocycles. The molecule has 0 unspecified atom stereocenters. The highest BCUT2D eigenvalue weighted by atomic mass is 127. The van der Waals surface area contributed by atoms with E-state index >= 15 is 0 Å². The number of hydrogen-bond donors (Lipinski definition) is 1. The third kappa shape index (κ3) is 2.03. The Kier molecular flexibility index (Phi) is 3.31. The molecule has 1 aromatic rings. The Morgan fingerprint density at radius 1 is 1.50 bits per heavy atom. The van der Waals surface area contributed by atoms with Crippen molar-refractivity contribution in [3.05, 3.63) is 25.1 Å². The van der Waals surface area contributed by atoms with E-state index in [0.29, 0.717) is 0 Å². The minimum Gasteiger partial charge on any atom is -0.392 e. The summed E-state index contributed by atoms with van der Waals surface area (Å²) in [5.74, 6) is 0. The monoisotopic (exact) mass is 361 g/mol. The van der Waals surface area contributed by atoms with Crippen molar-refractivity contribution in [2.24, 2.45) is 0 Å². The molecule has 0 spiro atoms. The van der Waals surface area contributed by atoms with E-state index in [4.69, 9.17) is 5.11 Å². The molecule has 0 amide bonds. The van der Waals surface area contributed by atoms with Crippen LogP contribution in [-0.2, 0) is 6.61 Å². The normalized spacial score (nSPS) is 9.90. The molecule has 1 aromatic heterocycles. The van der Waals surface area contributed by atoms with Crippen LogP contribution in [0.2, 0.25) is 0 Å². The van der Waals surface area contributed by atoms with Crippen molar-refractivity contribution in [3.63, 3.8) is 0 Å². The van der Waals surface area contributed by atoms with Gasteiger partial charge >= 0.3 is 0 Å². The van der Waals surface area contributed by atoms with E-state index in [1.165, 1.54) is 0 Å². The van der Waals surface area contributed by atoms with Crippen LogP contribution >= 0.6 is 45.2 Å². The molecule has 10 heavy (non-hydrogen) atoms. The van der Waals surface area contributed by atoms with Crippen molar-refractivity contribution in [1.82, 2.24) is 4.98 Å². The van der Waals surface area contributed by atoms with Gasteiger partial charge in [0.05, 0.1) is 6.61 Å². The maximum Gasteiger partial charge on any atom is 0.106 e. The van der Waals surface area contributed by atoms with Crippen LogP contribution in [0.4, 0.5) is 0 Å². The first-order valence-corrected chi connectivity index (χ1v) is 4.80. The molecule has 0 saturated carbocycles. The number of pyridine rings is 1. The SMILES string of the molecule is OCc1cc(I)cnc1I. The summed E-state index contributed by atoms with van der Waals surface area (Å²) < 4.78 is 1.93. The zero-order chi connectivity index (χ0) is 7.56. The van der Waals surface area contributed by atoms with Gasteiger partial charge in [-0.15, -0.1) is 0 Å². The molecule has 0 aliphatic carbocycles. The van der Waals surface area contributed by atoms with Crippen LogP contribution in [0.15, 0.2) is 12.3 Å². The largest absolute Gasteiger partial charge is 0.392 e. The number of halogens is 2. The second-order valence-corrected chi connectivity index (χ2v) is 4.03. The summed E-state index contributed by atoms with van der Waals surface area (Å²) in [6.07, 6.45) is 1.78. The highest BCUT2D eigenvalue weighted by Gasteiger charge is 1.98. The summed E-state index contributed by atoms with van der Waals surface area (Å²) in [6.45, 7) is 0.0715. The van der Waals surface area contributed by atoms with E-state index in [1.807, 2.05) is 6.07 Å². The van der Waals surface area contributed by atoms with Crippen LogP contribution in [-0.4, -0.2) is 10.1 Å². The van der Waals surface area contributed by atoms with Crippen LogP contribution in [0.5, 0.6) is 0 Å². The predicted molar refractivity (Wildman–Crippen MR) is 55.6 cm³/mol. The Morgan fingerprint density at radius 2 is 2.20 bits per heavy atom. The van der Waals surface area contributed by atoms with Crippen molar-refractivity contribution < 1.29 is 5.11 Å². The molecule has 0 saturated heterocycles. The topological polar surface area (TPSA) is 33.1 Å². The van der Waals surface area contributed by atoms with Gasteiger partial charge in [0.2, 0.25) is 0 Å². The number of aromatic nitrogens is 1. The van der Waals surface area contributed by atoms with E-state index in [0.717, 1.165) is 12.8 Å². The Balaban J connectivity index is 3.09. The molecule has 0 fully saturated rings. The molecular formula is C6H5I2NO. The van der Waals surface area contributed by atoms with Crippen LogP contribution < -0.4 is 0 Å². The van der Waals surface area contributed by atoms with Gasteiger partial charge in [-0.25, -0.2) is 4.98 Å². The van der Waals surface area contributed by atoms with Crippen LogP contribution in [0.1, 0.15) is 5.56 Å². The molecule has 0 bridgehead atoms. The second-order valence-electron chi connectivity index (χ2n) is 1.76. The van der Waals surface area contributed by atoms with Gasteiger partial charge in [0.25, 0.3) is 0 Å². The van der Waals surface area contributed by atoms with Crippen LogP contribution in [0.25, 0.3) is 0 Å². The van der Waals surface area contributed by atoms with Crippen molar-refractivity contribution in [2.45, 2.75) is 6.61 Å². The van der Waals surface area contributed by atoms with E-state index in [2.05, 4.69) is 50.2 Å². The molecule has 0 atom stereocenters. The van der Waals surface area contributed by atoms with E-state index in [9.17, 15) is 0 Å². The Morgan fingerprint density at radius 3 is 2.70 bits per heavy atom. The molecule has 0 aliphatic rings. The fourth-order valence-electron chi connectivity index (χ4n) is 0.575. The lowest BCUT2D eigenvalue weighted by atomic mass is 10.3. The van der Waals surface area contributed by atoms with Crippen LogP contribution in [0.3, 0.4) is 0 Å². The molecule has 4 heteroatoms. The fraction of sp³-hybridized carbons (Fsp3) is 0.167. The summed E-state index contributed by atoms with van der Waals surface area (Å²) in [5.41, 5.74) is 0.896. The molecule has 0 aromatic carbocycles. The smallest absolute Gasteiger partial charge is 0.106 e. The first kappa shape index (κ1) is 8.66. The number of nitrogens with zero attached hydrogens (tertiary/aromatic N) is 1. The van der Waals surface area contributed by atoms with Crippen LogP contribution in [0, 0.1) is 7.27 Å². The minimum atomic E-state index is 0.0715. The lowest BCUT2D eigenvalue weighted by Gasteiger charge is -1.98. The van der Waals surface area contributed by atoms with Crippen molar-refractivity contribution in [3.8, 4) is 0 Å². The lowest BCUT2D eigenvalue weighted by molar-refractivity contribution is 0.280. The van der Waals surface area contributed by atoms with Gasteiger partial charge in [-0.1, -0.05) is 0 Å². The van der Waals surface area contributed by atoms with E-state index in [1.54, 1.807) is 6.20 Å². The van der Waals surface area contributed by atoms with Crippen molar-refractivity contribution in [1.29, 1.82) is 0 Å². The summed E-state index contributed by atoms with van der Waals surface area (Å²) in [6, 6.07) is 1.93. The molecule has 1 heterocycles. The molecular weight excluding hydrogens is 356 g/mol. The summed E-state index contributed by atoms with van der Waals surface area (Å²) >= 11 is 4.27. The number of rotatable bonds is 1. The first-order valence-electron chi connectivity index (χ1n) is 2.65. The number of aliphatic hydroxyl groups is 1. The second kappa shape index (κ2) is 3.82. The number of hydrogen-bond acceptors (Lipinski definition) is 2. The molecule has 1 rings (SSSR count). The van der Waals surface area contributed by atoms with Gasteiger partial charge in [-0.2, -0.15) is 0 Å². The minimum absolute atomic E-state index is 0.0715. The summed E-state index contributed by atoms with van der Waals surface area (Å²) in [7, 11) is 0. The van der Waals surface area contributed by atoms with Crippen molar-refractivity contribution in [2.75, 3.05) is 0 Å². The highest BCUT2D eigenvalue weighted by molar-refractivity contribution is 14.1. The van der Waals surface area contributed by atoms with Gasteiger partial charge in [-0.05, 0) is 51.2 Å². The molecule has 2 nitrogen and oxygen atoms in total. The maximum absolute atomic E-state index is 8.79. The maximum atomic E-state index is 8.79. The highest BCUT2D eigenvalue weighted by Crippen LogP contribution is 2.12. The molecule has 1 N–H and O–H groups in total. The third-order valence-electron chi connectivity index (χ3n) is 1.05. The zero-order valence-electron chi connectivity index (χ0n) is 5.01. The molecule has 54 valence electrons. The Labute approximate surface area is 86.3 Å². The zero-order valence-corrected chi connectivity index (χ0v) is 9.33. The Bertz CT molecular complexity index is 239. The standard InChI is InChI=1S/C6H5I2NO/c7-5-1-4(3-10)6(8)9-2-5/h1-2,10H,3H2. The average Bonchev–Trinajstić information content (AvgIpc) is 1.94. The van der Waals surface area contributed by atoms with E-state index < -0.39 is 0 Å². The number of aliphatic hydroxyl groups excluding tert-OH is 1. The quantitative estimate of drug-likeness (QED) is 0.611. The predicted octanol–water partition coefficient (Wildman–Crippen LogP) is 1.78. The molecule has 0 radical (unpaired) electrons. The fourth-order valence-corrected chi connectivity index (χ4v) is 1.56. The van der Waals surface area contributed by atoms with Gasteiger partial charge in [0.1, 0.15) is 3.70 Å².